The normalized spacial score (nSPS) is 9.14. The summed E-state index contributed by atoms with van der Waals surface area (Å²) in [6, 6.07) is 13.6. The Morgan fingerprint density at radius 3 is 1.68 bits per heavy atom. The fraction of sp³-hybridized carbons (Fsp3) is 0.348. The van der Waals surface area contributed by atoms with Crippen molar-refractivity contribution in [2.45, 2.75) is 39.5 Å². The lowest BCUT2D eigenvalue weighted by molar-refractivity contribution is 0.148. The van der Waals surface area contributed by atoms with E-state index in [1.165, 1.54) is 33.5 Å². The zero-order chi connectivity index (χ0) is 20.6. The summed E-state index contributed by atoms with van der Waals surface area (Å²) in [4.78, 5) is 11.8. The number of carbonyl (C=O) groups is 1. The van der Waals surface area contributed by atoms with Crippen molar-refractivity contribution in [3.63, 3.8) is 0 Å². The van der Waals surface area contributed by atoms with Crippen molar-refractivity contribution in [3.8, 4) is 34.8 Å². The molecule has 0 atom stereocenters. The molecule has 0 aliphatic rings. The molecule has 5 heteroatoms. The van der Waals surface area contributed by atoms with E-state index < -0.39 is 6.16 Å². The molecule has 0 amide bonds. The molecule has 0 heterocycles. The van der Waals surface area contributed by atoms with Crippen LogP contribution in [0.1, 0.15) is 39.5 Å². The maximum absolute atomic E-state index is 11.8. The Labute approximate surface area is 167 Å². The second-order valence-electron chi connectivity index (χ2n) is 5.64. The predicted molar refractivity (Wildman–Crippen MR) is 110 cm³/mol. The van der Waals surface area contributed by atoms with Crippen LogP contribution in [0.5, 0.6) is 23.0 Å². The summed E-state index contributed by atoms with van der Waals surface area (Å²) >= 11 is 0. The Morgan fingerprint density at radius 2 is 1.29 bits per heavy atom. The zero-order valence-electron chi connectivity index (χ0n) is 17.0. The first-order chi connectivity index (χ1) is 13.7. The largest absolute Gasteiger partial charge is 0.519 e. The Morgan fingerprint density at radius 1 is 0.821 bits per heavy atom. The van der Waals surface area contributed by atoms with E-state index in [0.717, 1.165) is 6.42 Å². The molecular weight excluding hydrogens is 356 g/mol. The van der Waals surface area contributed by atoms with Gasteiger partial charge in [0.1, 0.15) is 0 Å². The van der Waals surface area contributed by atoms with Gasteiger partial charge in [-0.3, -0.25) is 0 Å². The fourth-order valence-electron chi connectivity index (χ4n) is 2.20. The molecule has 150 valence electrons. The SMILES string of the molecule is CC#CCCCCC.COc1ccccc1OC(=O)Oc1ccccc1OC. The average Bonchev–Trinajstić information content (AvgIpc) is 2.72. The lowest BCUT2D eigenvalue weighted by Gasteiger charge is -2.10. The van der Waals surface area contributed by atoms with Crippen molar-refractivity contribution in [1.29, 1.82) is 0 Å². The topological polar surface area (TPSA) is 54.0 Å². The summed E-state index contributed by atoms with van der Waals surface area (Å²) in [5, 5.41) is 0. The lowest BCUT2D eigenvalue weighted by atomic mass is 10.2. The molecule has 0 fully saturated rings. The molecule has 0 spiro atoms. The van der Waals surface area contributed by atoms with Gasteiger partial charge in [0.2, 0.25) is 0 Å². The van der Waals surface area contributed by atoms with Crippen molar-refractivity contribution in [2.24, 2.45) is 0 Å². The quantitative estimate of drug-likeness (QED) is 0.258. The average molecular weight is 384 g/mol. The van der Waals surface area contributed by atoms with Crippen LogP contribution in [0.3, 0.4) is 0 Å². The van der Waals surface area contributed by atoms with E-state index in [-0.39, 0.29) is 11.5 Å². The third kappa shape index (κ3) is 8.50. The summed E-state index contributed by atoms with van der Waals surface area (Å²) < 4.78 is 20.4. The van der Waals surface area contributed by atoms with Gasteiger partial charge in [0.25, 0.3) is 0 Å². The molecule has 0 bridgehead atoms. The highest BCUT2D eigenvalue weighted by atomic mass is 16.7. The number of rotatable bonds is 7. The van der Waals surface area contributed by atoms with Crippen LogP contribution < -0.4 is 18.9 Å². The van der Waals surface area contributed by atoms with Gasteiger partial charge in [-0.05, 0) is 37.6 Å². The van der Waals surface area contributed by atoms with Crippen LogP contribution in [0, 0.1) is 11.8 Å². The van der Waals surface area contributed by atoms with Gasteiger partial charge >= 0.3 is 6.16 Å². The highest BCUT2D eigenvalue weighted by Crippen LogP contribution is 2.29. The van der Waals surface area contributed by atoms with Crippen LogP contribution in [-0.4, -0.2) is 20.4 Å². The van der Waals surface area contributed by atoms with E-state index in [1.807, 2.05) is 6.92 Å². The Balaban J connectivity index is 0.000000416. The minimum absolute atomic E-state index is 0.287. The van der Waals surface area contributed by atoms with E-state index in [0.29, 0.717) is 11.5 Å². The molecule has 28 heavy (non-hydrogen) atoms. The van der Waals surface area contributed by atoms with Crippen LogP contribution in [0.4, 0.5) is 4.79 Å². The van der Waals surface area contributed by atoms with E-state index in [4.69, 9.17) is 18.9 Å². The second kappa shape index (κ2) is 14.0. The van der Waals surface area contributed by atoms with E-state index >= 15 is 0 Å². The molecule has 2 rings (SSSR count). The van der Waals surface area contributed by atoms with Crippen LogP contribution in [0.2, 0.25) is 0 Å². The minimum Gasteiger partial charge on any atom is -0.493 e. The highest BCUT2D eigenvalue weighted by molar-refractivity contribution is 5.69. The van der Waals surface area contributed by atoms with Gasteiger partial charge < -0.3 is 18.9 Å². The summed E-state index contributed by atoms with van der Waals surface area (Å²) in [7, 11) is 2.99. The van der Waals surface area contributed by atoms with Gasteiger partial charge in [-0.15, -0.1) is 11.8 Å². The predicted octanol–water partition coefficient (Wildman–Crippen LogP) is 5.87. The third-order valence-electron chi connectivity index (χ3n) is 3.61. The molecule has 0 aliphatic carbocycles. The number of carbonyl (C=O) groups excluding carboxylic acids is 1. The maximum Gasteiger partial charge on any atom is 0.519 e. The summed E-state index contributed by atoms with van der Waals surface area (Å²) in [6.07, 6.45) is 4.13. The van der Waals surface area contributed by atoms with E-state index in [1.54, 1.807) is 48.5 Å². The molecule has 0 saturated carbocycles. The summed E-state index contributed by atoms with van der Waals surface area (Å²) in [6.45, 7) is 4.10. The molecule has 0 aromatic heterocycles. The minimum atomic E-state index is -0.862. The van der Waals surface area contributed by atoms with Crippen LogP contribution in [0.15, 0.2) is 48.5 Å². The third-order valence-corrected chi connectivity index (χ3v) is 3.61. The van der Waals surface area contributed by atoms with Crippen LogP contribution in [-0.2, 0) is 0 Å². The number of hydrogen-bond donors (Lipinski definition) is 0. The first kappa shape index (κ1) is 22.9. The monoisotopic (exact) mass is 384 g/mol. The van der Waals surface area contributed by atoms with Gasteiger partial charge in [0.05, 0.1) is 14.2 Å². The zero-order valence-corrected chi connectivity index (χ0v) is 17.0. The second-order valence-corrected chi connectivity index (χ2v) is 5.64. The molecule has 0 aliphatic heterocycles. The molecule has 0 saturated heterocycles. The van der Waals surface area contributed by atoms with E-state index in [9.17, 15) is 4.79 Å². The van der Waals surface area contributed by atoms with Crippen molar-refractivity contribution in [1.82, 2.24) is 0 Å². The molecule has 5 nitrogen and oxygen atoms in total. The molecular formula is C23H28O5. The summed E-state index contributed by atoms with van der Waals surface area (Å²) in [5.74, 6) is 7.38. The number of para-hydroxylation sites is 4. The van der Waals surface area contributed by atoms with Crippen LogP contribution >= 0.6 is 0 Å². The van der Waals surface area contributed by atoms with Crippen LogP contribution in [0.25, 0.3) is 0 Å². The molecule has 2 aromatic rings. The molecule has 0 radical (unpaired) electrons. The maximum atomic E-state index is 11.8. The van der Waals surface area contributed by atoms with Gasteiger partial charge in [-0.25, -0.2) is 4.79 Å². The Hall–Kier alpha value is -3.13. The Bertz CT molecular complexity index is 722. The standard InChI is InChI=1S/C15H14O5.C8H14/c1-17-11-7-3-5-9-13(11)19-15(16)20-14-10-6-4-8-12(14)18-2;1-3-5-7-8-6-4-2/h3-10H,1-2H3;3,5,7-8H2,1-2H3. The highest BCUT2D eigenvalue weighted by Gasteiger charge is 2.13. The van der Waals surface area contributed by atoms with Crippen molar-refractivity contribution >= 4 is 6.16 Å². The number of ether oxygens (including phenoxy) is 4. The number of benzene rings is 2. The lowest BCUT2D eigenvalue weighted by Crippen LogP contribution is -2.14. The van der Waals surface area contributed by atoms with Gasteiger partial charge in [-0.1, -0.05) is 44.0 Å². The smallest absolute Gasteiger partial charge is 0.493 e. The van der Waals surface area contributed by atoms with Crippen molar-refractivity contribution in [2.75, 3.05) is 14.2 Å². The van der Waals surface area contributed by atoms with Gasteiger partial charge in [-0.2, -0.15) is 0 Å². The number of unbranched alkanes of at least 4 members (excludes halogenated alkanes) is 3. The van der Waals surface area contributed by atoms with Gasteiger partial charge in [0.15, 0.2) is 23.0 Å². The fourth-order valence-corrected chi connectivity index (χ4v) is 2.20. The first-order valence-corrected chi connectivity index (χ1v) is 9.21. The number of hydrogen-bond acceptors (Lipinski definition) is 5. The van der Waals surface area contributed by atoms with Gasteiger partial charge in [0, 0.05) is 6.42 Å². The summed E-state index contributed by atoms with van der Waals surface area (Å²) in [5.41, 5.74) is 0. The molecule has 0 N–H and O–H groups in total. The number of methoxy groups -OCH3 is 2. The first-order valence-electron chi connectivity index (χ1n) is 9.21. The molecule has 0 unspecified atom stereocenters. The Kier molecular flexibility index (Phi) is 11.4. The van der Waals surface area contributed by atoms with Crippen molar-refractivity contribution < 1.29 is 23.7 Å². The van der Waals surface area contributed by atoms with Crippen molar-refractivity contribution in [3.05, 3.63) is 48.5 Å². The molecule has 2 aromatic carbocycles. The van der Waals surface area contributed by atoms with E-state index in [2.05, 4.69) is 18.8 Å².